The van der Waals surface area contributed by atoms with Gasteiger partial charge in [0.2, 0.25) is 0 Å². The maximum atomic E-state index is 13.5. The van der Waals surface area contributed by atoms with E-state index in [1.54, 1.807) is 24.3 Å². The zero-order chi connectivity index (χ0) is 17.8. The first-order valence-electron chi connectivity index (χ1n) is 8.18. The number of amides is 2. The van der Waals surface area contributed by atoms with Crippen LogP contribution in [0.4, 0.5) is 8.78 Å². The number of unbranched alkanes of at least 4 members (excludes halogenated alkanes) is 1. The number of benzene rings is 2. The molecule has 25 heavy (non-hydrogen) atoms. The van der Waals surface area contributed by atoms with Crippen molar-refractivity contribution in [1.82, 2.24) is 10.2 Å². The van der Waals surface area contributed by atoms with E-state index in [1.165, 1.54) is 23.1 Å². The van der Waals surface area contributed by atoms with Crippen LogP contribution in [0.2, 0.25) is 0 Å². The molecule has 1 heterocycles. The molecule has 0 saturated heterocycles. The number of imide groups is 1. The van der Waals surface area contributed by atoms with Crippen LogP contribution in [0.3, 0.4) is 0 Å². The van der Waals surface area contributed by atoms with Crippen LogP contribution in [-0.2, 0) is 6.54 Å². The standard InChI is InChI=1S/C19H18F2N2O2/c20-16-8-5-9-17(21)15(16)12-22-10-3-4-11-23-18(24)13-6-1-2-7-14(13)19(23)25/h1-2,5-9,22H,3-4,10-12H2. The molecule has 2 aromatic carbocycles. The molecule has 0 atom stereocenters. The second-order valence-corrected chi connectivity index (χ2v) is 5.89. The zero-order valence-electron chi connectivity index (χ0n) is 13.6. The molecule has 0 aromatic heterocycles. The molecular formula is C19H18F2N2O2. The van der Waals surface area contributed by atoms with Gasteiger partial charge in [0.05, 0.1) is 11.1 Å². The Morgan fingerprint density at radius 2 is 1.44 bits per heavy atom. The Balaban J connectivity index is 1.43. The van der Waals surface area contributed by atoms with Crippen molar-refractivity contribution in [3.05, 3.63) is 70.8 Å². The molecule has 2 amide bonds. The third-order valence-corrected chi connectivity index (χ3v) is 4.23. The normalized spacial score (nSPS) is 13.4. The van der Waals surface area contributed by atoms with Gasteiger partial charge in [0.15, 0.2) is 0 Å². The molecule has 130 valence electrons. The number of fused-ring (bicyclic) bond motifs is 1. The SMILES string of the molecule is O=C1c2ccccc2C(=O)N1CCCCNCc1c(F)cccc1F. The van der Waals surface area contributed by atoms with Gasteiger partial charge in [-0.2, -0.15) is 0 Å². The fourth-order valence-corrected chi connectivity index (χ4v) is 2.88. The summed E-state index contributed by atoms with van der Waals surface area (Å²) >= 11 is 0. The van der Waals surface area contributed by atoms with Gasteiger partial charge in [-0.15, -0.1) is 0 Å². The number of rotatable bonds is 7. The number of nitrogens with one attached hydrogen (secondary N) is 1. The molecule has 0 unspecified atom stereocenters. The Bertz CT molecular complexity index is 753. The summed E-state index contributed by atoms with van der Waals surface area (Å²) in [5.74, 6) is -1.67. The smallest absolute Gasteiger partial charge is 0.261 e. The number of halogens is 2. The Hall–Kier alpha value is -2.60. The van der Waals surface area contributed by atoms with Gasteiger partial charge in [0.1, 0.15) is 11.6 Å². The third-order valence-electron chi connectivity index (χ3n) is 4.23. The summed E-state index contributed by atoms with van der Waals surface area (Å²) in [5.41, 5.74) is 0.907. The van der Waals surface area contributed by atoms with Crippen molar-refractivity contribution in [3.8, 4) is 0 Å². The summed E-state index contributed by atoms with van der Waals surface area (Å²) in [6, 6.07) is 10.6. The molecule has 0 fully saturated rings. The van der Waals surface area contributed by atoms with E-state index in [2.05, 4.69) is 5.32 Å². The molecule has 2 aromatic rings. The van der Waals surface area contributed by atoms with Gasteiger partial charge >= 0.3 is 0 Å². The van der Waals surface area contributed by atoms with Crippen LogP contribution in [0.1, 0.15) is 39.1 Å². The quantitative estimate of drug-likeness (QED) is 0.620. The van der Waals surface area contributed by atoms with Gasteiger partial charge in [-0.3, -0.25) is 14.5 Å². The largest absolute Gasteiger partial charge is 0.312 e. The summed E-state index contributed by atoms with van der Waals surface area (Å²) in [7, 11) is 0. The van der Waals surface area contributed by atoms with E-state index in [9.17, 15) is 18.4 Å². The number of carbonyl (C=O) groups is 2. The highest BCUT2D eigenvalue weighted by Crippen LogP contribution is 2.22. The van der Waals surface area contributed by atoms with E-state index in [1.807, 2.05) is 0 Å². The first-order chi connectivity index (χ1) is 12.1. The van der Waals surface area contributed by atoms with E-state index in [4.69, 9.17) is 0 Å². The first-order valence-corrected chi connectivity index (χ1v) is 8.18. The topological polar surface area (TPSA) is 49.4 Å². The van der Waals surface area contributed by atoms with Crippen LogP contribution < -0.4 is 5.32 Å². The van der Waals surface area contributed by atoms with Crippen LogP contribution in [0.25, 0.3) is 0 Å². The Morgan fingerprint density at radius 1 is 0.840 bits per heavy atom. The number of nitrogens with zero attached hydrogens (tertiary/aromatic N) is 1. The highest BCUT2D eigenvalue weighted by Gasteiger charge is 2.34. The van der Waals surface area contributed by atoms with Crippen LogP contribution in [0.5, 0.6) is 0 Å². The summed E-state index contributed by atoms with van der Waals surface area (Å²) < 4.78 is 27.0. The van der Waals surface area contributed by atoms with E-state index < -0.39 is 11.6 Å². The minimum Gasteiger partial charge on any atom is -0.312 e. The molecule has 0 saturated carbocycles. The number of carbonyl (C=O) groups excluding carboxylic acids is 2. The van der Waals surface area contributed by atoms with Gasteiger partial charge in [-0.25, -0.2) is 8.78 Å². The highest BCUT2D eigenvalue weighted by molar-refractivity contribution is 6.21. The molecule has 1 aliphatic rings. The van der Waals surface area contributed by atoms with Gasteiger partial charge in [-0.05, 0) is 43.7 Å². The monoisotopic (exact) mass is 344 g/mol. The van der Waals surface area contributed by atoms with Crippen molar-refractivity contribution in [2.45, 2.75) is 19.4 Å². The maximum Gasteiger partial charge on any atom is 0.261 e. The highest BCUT2D eigenvalue weighted by atomic mass is 19.1. The molecule has 0 bridgehead atoms. The Labute approximate surface area is 144 Å². The second-order valence-electron chi connectivity index (χ2n) is 5.89. The van der Waals surface area contributed by atoms with E-state index in [-0.39, 0.29) is 23.9 Å². The lowest BCUT2D eigenvalue weighted by Gasteiger charge is -2.13. The molecule has 0 radical (unpaired) electrons. The molecule has 4 nitrogen and oxygen atoms in total. The van der Waals surface area contributed by atoms with E-state index in [0.29, 0.717) is 37.1 Å². The summed E-state index contributed by atoms with van der Waals surface area (Å²) in [6.07, 6.45) is 1.31. The van der Waals surface area contributed by atoms with Crippen LogP contribution in [0.15, 0.2) is 42.5 Å². The number of hydrogen-bond acceptors (Lipinski definition) is 3. The minimum atomic E-state index is -0.571. The molecule has 6 heteroatoms. The van der Waals surface area contributed by atoms with E-state index >= 15 is 0 Å². The maximum absolute atomic E-state index is 13.5. The van der Waals surface area contributed by atoms with Crippen molar-refractivity contribution >= 4 is 11.8 Å². The van der Waals surface area contributed by atoms with Gasteiger partial charge in [-0.1, -0.05) is 18.2 Å². The zero-order valence-corrected chi connectivity index (χ0v) is 13.6. The predicted molar refractivity (Wildman–Crippen MR) is 89.1 cm³/mol. The lowest BCUT2D eigenvalue weighted by molar-refractivity contribution is 0.0651. The van der Waals surface area contributed by atoms with Gasteiger partial charge < -0.3 is 5.32 Å². The number of hydrogen-bond donors (Lipinski definition) is 1. The van der Waals surface area contributed by atoms with Gasteiger partial charge in [0.25, 0.3) is 11.8 Å². The molecule has 0 aliphatic carbocycles. The summed E-state index contributed by atoms with van der Waals surface area (Å²) in [6.45, 7) is 0.977. The van der Waals surface area contributed by atoms with Crippen molar-refractivity contribution in [1.29, 1.82) is 0 Å². The van der Waals surface area contributed by atoms with Crippen LogP contribution in [0, 0.1) is 11.6 Å². The lowest BCUT2D eigenvalue weighted by Crippen LogP contribution is -2.31. The van der Waals surface area contributed by atoms with E-state index in [0.717, 1.165) is 0 Å². The van der Waals surface area contributed by atoms with Crippen molar-refractivity contribution in [2.24, 2.45) is 0 Å². The Kier molecular flexibility index (Phi) is 5.19. The second kappa shape index (κ2) is 7.53. The first kappa shape index (κ1) is 17.2. The van der Waals surface area contributed by atoms with Crippen LogP contribution in [-0.4, -0.2) is 29.8 Å². The fraction of sp³-hybridized carbons (Fsp3) is 0.263. The summed E-state index contributed by atoms with van der Waals surface area (Å²) in [4.78, 5) is 25.6. The molecular weight excluding hydrogens is 326 g/mol. The molecule has 1 N–H and O–H groups in total. The molecule has 3 rings (SSSR count). The average Bonchev–Trinajstić information content (AvgIpc) is 2.85. The lowest BCUT2D eigenvalue weighted by atomic mass is 10.1. The fourth-order valence-electron chi connectivity index (χ4n) is 2.88. The van der Waals surface area contributed by atoms with Crippen molar-refractivity contribution < 1.29 is 18.4 Å². The van der Waals surface area contributed by atoms with Crippen molar-refractivity contribution in [3.63, 3.8) is 0 Å². The average molecular weight is 344 g/mol. The molecule has 0 spiro atoms. The Morgan fingerprint density at radius 3 is 2.04 bits per heavy atom. The minimum absolute atomic E-state index is 0.0165. The van der Waals surface area contributed by atoms with Crippen LogP contribution >= 0.6 is 0 Å². The van der Waals surface area contributed by atoms with Crippen molar-refractivity contribution in [2.75, 3.05) is 13.1 Å². The summed E-state index contributed by atoms with van der Waals surface area (Å²) in [5, 5.41) is 2.98. The third kappa shape index (κ3) is 3.58. The van der Waals surface area contributed by atoms with Gasteiger partial charge in [0, 0.05) is 18.7 Å². The molecule has 1 aliphatic heterocycles. The predicted octanol–water partition coefficient (Wildman–Crippen LogP) is 3.13.